The molecule has 28 heavy (non-hydrogen) atoms. The van der Waals surface area contributed by atoms with E-state index >= 15 is 0 Å². The fourth-order valence-electron chi connectivity index (χ4n) is 2.65. The first-order valence-electron chi connectivity index (χ1n) is 10.7. The Hall–Kier alpha value is -0.700. The molecular formula is C21H47N3O4. The summed E-state index contributed by atoms with van der Waals surface area (Å²) in [7, 11) is 0. The van der Waals surface area contributed by atoms with Gasteiger partial charge in [-0.05, 0) is 53.3 Å². The third kappa shape index (κ3) is 23.3. The Morgan fingerprint density at radius 1 is 0.750 bits per heavy atom. The van der Waals surface area contributed by atoms with Crippen molar-refractivity contribution in [2.45, 2.75) is 78.8 Å². The smallest absolute Gasteiger partial charge is 0.0686 e. The lowest BCUT2D eigenvalue weighted by Crippen LogP contribution is -2.32. The minimum atomic E-state index is -0.330. The molecule has 0 aliphatic heterocycles. The van der Waals surface area contributed by atoms with Gasteiger partial charge in [0.25, 0.3) is 0 Å². The fourth-order valence-corrected chi connectivity index (χ4v) is 2.65. The molecule has 0 fully saturated rings. The van der Waals surface area contributed by atoms with Gasteiger partial charge in [-0.2, -0.15) is 0 Å². The molecule has 0 aromatic rings. The molecule has 7 nitrogen and oxygen atoms in total. The molecule has 0 rings (SSSR count). The number of nitrogens with one attached hydrogen (secondary N) is 1. The van der Waals surface area contributed by atoms with E-state index in [2.05, 4.69) is 41.2 Å². The minimum absolute atomic E-state index is 0.288. The summed E-state index contributed by atoms with van der Waals surface area (Å²) >= 11 is 0. The van der Waals surface area contributed by atoms with Crippen LogP contribution in [0.15, 0.2) is 12.3 Å². The summed E-state index contributed by atoms with van der Waals surface area (Å²) in [6.45, 7) is 16.6. The van der Waals surface area contributed by atoms with Gasteiger partial charge in [0, 0.05) is 39.3 Å². The summed E-state index contributed by atoms with van der Waals surface area (Å²) in [5, 5.41) is 39.2. The summed E-state index contributed by atoms with van der Waals surface area (Å²) in [6, 6.07) is 0. The highest BCUT2D eigenvalue weighted by Gasteiger charge is 2.06. The van der Waals surface area contributed by atoms with Crippen LogP contribution in [0.1, 0.15) is 54.4 Å². The van der Waals surface area contributed by atoms with Crippen LogP contribution in [-0.4, -0.2) is 100 Å². The second kappa shape index (κ2) is 19.6. The topological polar surface area (TPSA) is 99.4 Å². The highest BCUT2D eigenvalue weighted by molar-refractivity contribution is 4.86. The molecule has 4 unspecified atom stereocenters. The molecule has 170 valence electrons. The Labute approximate surface area is 173 Å². The van der Waals surface area contributed by atoms with E-state index in [1.54, 1.807) is 13.8 Å². The van der Waals surface area contributed by atoms with Gasteiger partial charge >= 0.3 is 0 Å². The minimum Gasteiger partial charge on any atom is -0.392 e. The molecule has 0 amide bonds. The van der Waals surface area contributed by atoms with Gasteiger partial charge in [-0.3, -0.25) is 4.90 Å². The molecule has 0 radical (unpaired) electrons. The van der Waals surface area contributed by atoms with Gasteiger partial charge in [-0.25, -0.2) is 0 Å². The molecule has 0 bridgehead atoms. The fraction of sp³-hybridized carbons (Fsp3) is 0.905. The average molecular weight is 406 g/mol. The monoisotopic (exact) mass is 405 g/mol. The van der Waals surface area contributed by atoms with E-state index in [1.165, 1.54) is 0 Å². The third-order valence-electron chi connectivity index (χ3n) is 3.63. The Bertz CT molecular complexity index is 343. The number of aliphatic hydroxyl groups is 4. The van der Waals surface area contributed by atoms with Gasteiger partial charge in [-0.15, -0.1) is 0 Å². The second-order valence-corrected chi connectivity index (χ2v) is 7.69. The highest BCUT2D eigenvalue weighted by Crippen LogP contribution is 1.99. The average Bonchev–Trinajstić information content (AvgIpc) is 2.54. The van der Waals surface area contributed by atoms with E-state index < -0.39 is 0 Å². The van der Waals surface area contributed by atoms with Gasteiger partial charge in [0.05, 0.1) is 24.4 Å². The van der Waals surface area contributed by atoms with Crippen LogP contribution < -0.4 is 5.32 Å². The summed E-state index contributed by atoms with van der Waals surface area (Å²) < 4.78 is 0. The van der Waals surface area contributed by atoms with Crippen LogP contribution in [0.25, 0.3) is 0 Å². The summed E-state index contributed by atoms with van der Waals surface area (Å²) in [4.78, 5) is 4.39. The predicted octanol–water partition coefficient (Wildman–Crippen LogP) is 1.02. The molecule has 5 N–H and O–H groups in total. The number of hydrogen-bond donors (Lipinski definition) is 5. The molecule has 0 spiro atoms. The molecule has 0 saturated carbocycles. The standard InChI is InChI=1S/C15H32N2O2.C6H15NO2/c1-5-8-16(12-14(3)18)10-7-11-17(9-6-2)13-15(4)19;1-5(8)3-7-4-6(2)9/h7,10,14-15,18-19H,5-6,8-9,11-13H2,1-4H3;5-9H,3-4H2,1-2H3. The van der Waals surface area contributed by atoms with Crippen LogP contribution in [0.5, 0.6) is 0 Å². The van der Waals surface area contributed by atoms with Crippen LogP contribution in [-0.2, 0) is 0 Å². The van der Waals surface area contributed by atoms with Crippen LogP contribution in [0, 0.1) is 0 Å². The van der Waals surface area contributed by atoms with Crippen molar-refractivity contribution >= 4 is 0 Å². The van der Waals surface area contributed by atoms with E-state index in [1.807, 2.05) is 13.8 Å². The lowest BCUT2D eigenvalue weighted by Gasteiger charge is -2.24. The van der Waals surface area contributed by atoms with Crippen molar-refractivity contribution in [1.29, 1.82) is 0 Å². The molecular weight excluding hydrogens is 358 g/mol. The molecule has 7 heteroatoms. The van der Waals surface area contributed by atoms with Crippen molar-refractivity contribution in [2.24, 2.45) is 0 Å². The maximum atomic E-state index is 9.45. The quantitative estimate of drug-likeness (QED) is 0.277. The summed E-state index contributed by atoms with van der Waals surface area (Å²) in [5.74, 6) is 0. The Morgan fingerprint density at radius 3 is 1.64 bits per heavy atom. The highest BCUT2D eigenvalue weighted by atomic mass is 16.3. The van der Waals surface area contributed by atoms with Crippen molar-refractivity contribution in [2.75, 3.05) is 45.8 Å². The number of aliphatic hydroxyl groups excluding tert-OH is 4. The van der Waals surface area contributed by atoms with Crippen LogP contribution >= 0.6 is 0 Å². The lowest BCUT2D eigenvalue weighted by molar-refractivity contribution is 0.133. The van der Waals surface area contributed by atoms with Crippen molar-refractivity contribution in [3.05, 3.63) is 12.3 Å². The van der Waals surface area contributed by atoms with E-state index in [4.69, 9.17) is 10.2 Å². The lowest BCUT2D eigenvalue weighted by atomic mass is 10.3. The van der Waals surface area contributed by atoms with Gasteiger partial charge in [-0.1, -0.05) is 19.9 Å². The first-order chi connectivity index (χ1) is 13.1. The summed E-state index contributed by atoms with van der Waals surface area (Å²) in [6.07, 6.45) is 5.10. The van der Waals surface area contributed by atoms with Crippen LogP contribution in [0.2, 0.25) is 0 Å². The van der Waals surface area contributed by atoms with E-state index in [9.17, 15) is 10.2 Å². The van der Waals surface area contributed by atoms with E-state index in [0.29, 0.717) is 26.2 Å². The zero-order valence-corrected chi connectivity index (χ0v) is 19.0. The molecule has 0 aliphatic rings. The van der Waals surface area contributed by atoms with E-state index in [-0.39, 0.29) is 24.4 Å². The maximum absolute atomic E-state index is 9.45. The Balaban J connectivity index is 0. The number of hydrogen-bond acceptors (Lipinski definition) is 7. The third-order valence-corrected chi connectivity index (χ3v) is 3.63. The van der Waals surface area contributed by atoms with Gasteiger partial charge < -0.3 is 30.6 Å². The molecule has 0 aromatic carbocycles. The Kier molecular flexibility index (Phi) is 20.7. The first-order valence-corrected chi connectivity index (χ1v) is 10.7. The second-order valence-electron chi connectivity index (χ2n) is 7.69. The van der Waals surface area contributed by atoms with Gasteiger partial charge in [0.1, 0.15) is 0 Å². The van der Waals surface area contributed by atoms with Crippen molar-refractivity contribution in [3.63, 3.8) is 0 Å². The zero-order chi connectivity index (χ0) is 21.9. The molecule has 0 saturated heterocycles. The normalized spacial score (nSPS) is 15.8. The van der Waals surface area contributed by atoms with E-state index in [0.717, 1.165) is 32.5 Å². The molecule has 4 atom stereocenters. The number of nitrogens with zero attached hydrogens (tertiary/aromatic N) is 2. The van der Waals surface area contributed by atoms with Gasteiger partial charge in [0.2, 0.25) is 0 Å². The van der Waals surface area contributed by atoms with Crippen LogP contribution in [0.3, 0.4) is 0 Å². The molecule has 0 aliphatic carbocycles. The maximum Gasteiger partial charge on any atom is 0.0686 e. The predicted molar refractivity (Wildman–Crippen MR) is 117 cm³/mol. The van der Waals surface area contributed by atoms with Gasteiger partial charge in [0.15, 0.2) is 0 Å². The van der Waals surface area contributed by atoms with Crippen molar-refractivity contribution in [3.8, 4) is 0 Å². The molecule has 0 aromatic heterocycles. The number of rotatable bonds is 15. The largest absolute Gasteiger partial charge is 0.392 e. The summed E-state index contributed by atoms with van der Waals surface area (Å²) in [5.41, 5.74) is 0. The Morgan fingerprint density at radius 2 is 1.25 bits per heavy atom. The SMILES string of the molecule is CC(O)CNCC(C)O.CCCN(C=CCN(CCC)CC(C)O)CC(C)O. The molecule has 0 heterocycles. The van der Waals surface area contributed by atoms with Crippen molar-refractivity contribution in [1.82, 2.24) is 15.1 Å². The first kappa shape index (κ1) is 29.5. The zero-order valence-electron chi connectivity index (χ0n) is 19.0. The van der Waals surface area contributed by atoms with Crippen molar-refractivity contribution < 1.29 is 20.4 Å². The van der Waals surface area contributed by atoms with Crippen LogP contribution in [0.4, 0.5) is 0 Å².